The fraction of sp³-hybridized carbons (Fsp3) is 0.952. The van der Waals surface area contributed by atoms with Gasteiger partial charge in [0.2, 0.25) is 0 Å². The highest BCUT2D eigenvalue weighted by atomic mass is 24.3. The summed E-state index contributed by atoms with van der Waals surface area (Å²) in [6.07, 6.45) is 19.0. The highest BCUT2D eigenvalue weighted by molar-refractivity contribution is 5.75. The van der Waals surface area contributed by atoms with Crippen molar-refractivity contribution in [2.24, 2.45) is 0 Å². The van der Waals surface area contributed by atoms with E-state index in [2.05, 4.69) is 6.92 Å². The molecule has 2 N–H and O–H groups in total. The van der Waals surface area contributed by atoms with Crippen LogP contribution in [0.5, 0.6) is 0 Å². The van der Waals surface area contributed by atoms with Crippen LogP contribution in [0.25, 0.3) is 0 Å². The van der Waals surface area contributed by atoms with Crippen molar-refractivity contribution in [1.29, 1.82) is 0 Å². The van der Waals surface area contributed by atoms with E-state index in [0.717, 1.165) is 12.8 Å². The SMILES string of the molecule is CCCCCCCCCCCCCCCCCC(=O)OCC(O)CO.[MgH2]. The minimum Gasteiger partial charge on any atom is -0.463 e. The number of hydrogen-bond donors (Lipinski definition) is 2. The molecule has 0 bridgehead atoms. The quantitative estimate of drug-likeness (QED) is 0.199. The molecule has 0 amide bonds. The topological polar surface area (TPSA) is 66.8 Å². The number of esters is 1. The fourth-order valence-electron chi connectivity index (χ4n) is 2.95. The van der Waals surface area contributed by atoms with Gasteiger partial charge in [-0.25, -0.2) is 0 Å². The number of aliphatic hydroxyl groups excluding tert-OH is 2. The van der Waals surface area contributed by atoms with E-state index in [1.54, 1.807) is 0 Å². The second-order valence-corrected chi connectivity index (χ2v) is 7.22. The van der Waals surface area contributed by atoms with Crippen molar-refractivity contribution in [3.63, 3.8) is 0 Å². The summed E-state index contributed by atoms with van der Waals surface area (Å²) >= 11 is 0. The average molecular weight is 385 g/mol. The number of ether oxygens (including phenoxy) is 1. The molecule has 0 aliphatic heterocycles. The van der Waals surface area contributed by atoms with Crippen molar-refractivity contribution >= 4 is 29.0 Å². The number of aliphatic hydroxyl groups is 2. The number of unbranched alkanes of at least 4 members (excludes halogenated alkanes) is 14. The molecule has 4 nitrogen and oxygen atoms in total. The van der Waals surface area contributed by atoms with Gasteiger partial charge in [-0.05, 0) is 6.42 Å². The Morgan fingerprint density at radius 3 is 1.54 bits per heavy atom. The van der Waals surface area contributed by atoms with Crippen LogP contribution in [0.4, 0.5) is 0 Å². The smallest absolute Gasteiger partial charge is 0.316 e. The van der Waals surface area contributed by atoms with Crippen LogP contribution in [0.1, 0.15) is 110 Å². The Labute approximate surface area is 177 Å². The van der Waals surface area contributed by atoms with Gasteiger partial charge in [0, 0.05) is 6.42 Å². The molecular weight excluding hydrogens is 341 g/mol. The lowest BCUT2D eigenvalue weighted by molar-refractivity contribution is -0.147. The molecule has 0 aliphatic carbocycles. The summed E-state index contributed by atoms with van der Waals surface area (Å²) in [5.41, 5.74) is 0. The Balaban J connectivity index is 0. The second kappa shape index (κ2) is 23.2. The monoisotopic (exact) mass is 384 g/mol. The van der Waals surface area contributed by atoms with Gasteiger partial charge in [-0.2, -0.15) is 0 Å². The molecular formula is C21H44MgO4. The lowest BCUT2D eigenvalue weighted by Gasteiger charge is -2.08. The van der Waals surface area contributed by atoms with Gasteiger partial charge >= 0.3 is 29.0 Å². The van der Waals surface area contributed by atoms with Crippen LogP contribution in [-0.4, -0.2) is 58.6 Å². The first-order valence-electron chi connectivity index (χ1n) is 10.6. The van der Waals surface area contributed by atoms with E-state index < -0.39 is 6.10 Å². The Hall–Kier alpha value is 0.156. The maximum Gasteiger partial charge on any atom is 0.316 e. The Morgan fingerprint density at radius 1 is 0.769 bits per heavy atom. The van der Waals surface area contributed by atoms with E-state index in [-0.39, 0.29) is 42.2 Å². The summed E-state index contributed by atoms with van der Waals surface area (Å²) in [5, 5.41) is 17.7. The maximum atomic E-state index is 11.4. The van der Waals surface area contributed by atoms with E-state index >= 15 is 0 Å². The normalized spacial score (nSPS) is 11.8. The van der Waals surface area contributed by atoms with E-state index in [0.29, 0.717) is 6.42 Å². The second-order valence-electron chi connectivity index (χ2n) is 7.22. The third-order valence-electron chi connectivity index (χ3n) is 4.63. The van der Waals surface area contributed by atoms with Gasteiger partial charge in [0.05, 0.1) is 6.61 Å². The number of rotatable bonds is 19. The molecule has 0 saturated heterocycles. The van der Waals surface area contributed by atoms with Gasteiger partial charge in [-0.15, -0.1) is 0 Å². The third kappa shape index (κ3) is 22.2. The Bertz CT molecular complexity index is 287. The van der Waals surface area contributed by atoms with Crippen LogP contribution in [0, 0.1) is 0 Å². The predicted octanol–water partition coefficient (Wildman–Crippen LogP) is 4.23. The molecule has 0 heterocycles. The summed E-state index contributed by atoms with van der Waals surface area (Å²) < 4.78 is 4.86. The van der Waals surface area contributed by atoms with Crippen LogP contribution in [-0.2, 0) is 9.53 Å². The number of carbonyl (C=O) groups is 1. The fourth-order valence-corrected chi connectivity index (χ4v) is 2.95. The molecule has 0 radical (unpaired) electrons. The third-order valence-corrected chi connectivity index (χ3v) is 4.63. The predicted molar refractivity (Wildman–Crippen MR) is 112 cm³/mol. The molecule has 5 heteroatoms. The molecule has 0 aliphatic rings. The largest absolute Gasteiger partial charge is 0.463 e. The first kappa shape index (κ1) is 28.4. The summed E-state index contributed by atoms with van der Waals surface area (Å²) in [5.74, 6) is -0.276. The minimum atomic E-state index is -0.954. The number of carbonyl (C=O) groups excluding carboxylic acids is 1. The maximum absolute atomic E-state index is 11.4. The lowest BCUT2D eigenvalue weighted by Crippen LogP contribution is -2.21. The van der Waals surface area contributed by atoms with Gasteiger partial charge in [-0.3, -0.25) is 4.79 Å². The molecule has 26 heavy (non-hydrogen) atoms. The molecule has 0 fully saturated rings. The van der Waals surface area contributed by atoms with E-state index in [1.807, 2.05) is 0 Å². The molecule has 1 unspecified atom stereocenters. The van der Waals surface area contributed by atoms with Crippen LogP contribution in [0.15, 0.2) is 0 Å². The summed E-state index contributed by atoms with van der Waals surface area (Å²) in [7, 11) is 0. The first-order valence-corrected chi connectivity index (χ1v) is 10.6. The molecule has 154 valence electrons. The van der Waals surface area contributed by atoms with Crippen molar-refractivity contribution in [1.82, 2.24) is 0 Å². The van der Waals surface area contributed by atoms with Gasteiger partial charge in [-0.1, -0.05) is 96.8 Å². The van der Waals surface area contributed by atoms with Gasteiger partial charge in [0.15, 0.2) is 0 Å². The van der Waals surface area contributed by atoms with E-state index in [9.17, 15) is 4.79 Å². The summed E-state index contributed by atoms with van der Waals surface area (Å²) in [6, 6.07) is 0. The summed E-state index contributed by atoms with van der Waals surface area (Å²) in [4.78, 5) is 11.4. The van der Waals surface area contributed by atoms with Crippen LogP contribution in [0.2, 0.25) is 0 Å². The van der Waals surface area contributed by atoms with Crippen molar-refractivity contribution in [2.75, 3.05) is 13.2 Å². The molecule has 0 aromatic rings. The molecule has 0 aromatic heterocycles. The zero-order chi connectivity index (χ0) is 18.6. The highest BCUT2D eigenvalue weighted by Crippen LogP contribution is 2.13. The zero-order valence-corrected chi connectivity index (χ0v) is 16.5. The molecule has 0 spiro atoms. The van der Waals surface area contributed by atoms with Gasteiger partial charge in [0.1, 0.15) is 12.7 Å². The van der Waals surface area contributed by atoms with E-state index in [1.165, 1.54) is 83.5 Å². The van der Waals surface area contributed by atoms with Crippen molar-refractivity contribution < 1.29 is 19.7 Å². The van der Waals surface area contributed by atoms with Gasteiger partial charge < -0.3 is 14.9 Å². The molecule has 1 atom stereocenters. The average Bonchev–Trinajstić information content (AvgIpc) is 2.62. The zero-order valence-electron chi connectivity index (χ0n) is 16.5. The lowest BCUT2D eigenvalue weighted by atomic mass is 10.0. The molecule has 0 saturated carbocycles. The Morgan fingerprint density at radius 2 is 1.15 bits per heavy atom. The van der Waals surface area contributed by atoms with Crippen molar-refractivity contribution in [3.8, 4) is 0 Å². The molecule has 0 aromatic carbocycles. The van der Waals surface area contributed by atoms with Crippen LogP contribution < -0.4 is 0 Å². The van der Waals surface area contributed by atoms with Crippen LogP contribution >= 0.6 is 0 Å². The minimum absolute atomic E-state index is 0. The van der Waals surface area contributed by atoms with Crippen molar-refractivity contribution in [3.05, 3.63) is 0 Å². The summed E-state index contributed by atoms with van der Waals surface area (Å²) in [6.45, 7) is 1.79. The van der Waals surface area contributed by atoms with E-state index in [4.69, 9.17) is 14.9 Å². The van der Waals surface area contributed by atoms with Crippen LogP contribution in [0.3, 0.4) is 0 Å². The standard InChI is InChI=1S/C21H42O4.Mg.2H/c1-2-3-4-5-6-7-8-9-10-11-12-13-14-15-16-17-21(24)25-19-20(23)18-22;;;/h20,22-23H,2-19H2,1H3;;;. The highest BCUT2D eigenvalue weighted by Gasteiger charge is 2.07. The van der Waals surface area contributed by atoms with Gasteiger partial charge in [0.25, 0.3) is 0 Å². The number of hydrogen-bond acceptors (Lipinski definition) is 4. The first-order chi connectivity index (χ1) is 12.2. The molecule has 0 rings (SSSR count). The van der Waals surface area contributed by atoms with Crippen molar-refractivity contribution in [2.45, 2.75) is 116 Å². The Kier molecular flexibility index (Phi) is 25.3.